The van der Waals surface area contributed by atoms with Crippen molar-refractivity contribution in [1.29, 1.82) is 0 Å². The van der Waals surface area contributed by atoms with Gasteiger partial charge in [-0.3, -0.25) is 0 Å². The van der Waals surface area contributed by atoms with E-state index in [-0.39, 0.29) is 12.5 Å². The molecule has 0 unspecified atom stereocenters. The van der Waals surface area contributed by atoms with Crippen molar-refractivity contribution < 1.29 is 14.1 Å². The minimum absolute atomic E-state index is 0.223. The van der Waals surface area contributed by atoms with Gasteiger partial charge in [-0.2, -0.15) is 4.57 Å². The van der Waals surface area contributed by atoms with Gasteiger partial charge in [0.2, 0.25) is 11.1 Å². The lowest BCUT2D eigenvalue weighted by Gasteiger charge is -1.98. The first-order valence-corrected chi connectivity index (χ1v) is 4.83. The molecule has 0 aliphatic rings. The summed E-state index contributed by atoms with van der Waals surface area (Å²) in [6.07, 6.45) is 1.82. The van der Waals surface area contributed by atoms with E-state index < -0.39 is 0 Å². The zero-order valence-electron chi connectivity index (χ0n) is 7.37. The molecule has 0 fully saturated rings. The summed E-state index contributed by atoms with van der Waals surface area (Å²) < 4.78 is 7.46. The summed E-state index contributed by atoms with van der Waals surface area (Å²) in [5, 5.41) is 0. The fraction of sp³-hybridized carbons (Fsp3) is 0.333. The summed E-state index contributed by atoms with van der Waals surface area (Å²) in [4.78, 5) is 11.1. The van der Waals surface area contributed by atoms with E-state index in [0.717, 1.165) is 4.60 Å². The smallest absolute Gasteiger partial charge is 0.372 e. The van der Waals surface area contributed by atoms with Crippen LogP contribution >= 0.6 is 15.9 Å². The quantitative estimate of drug-likeness (QED) is 0.456. The lowest BCUT2D eigenvalue weighted by atomic mass is 10.5. The Bertz CT molecular complexity index is 301. The van der Waals surface area contributed by atoms with Gasteiger partial charge in [0.1, 0.15) is 0 Å². The number of nitrogens with zero attached hydrogens (tertiary/aromatic N) is 1. The van der Waals surface area contributed by atoms with Gasteiger partial charge in [-0.25, -0.2) is 4.79 Å². The molecule has 1 aromatic rings. The van der Waals surface area contributed by atoms with E-state index in [0.29, 0.717) is 6.61 Å². The van der Waals surface area contributed by atoms with Crippen LogP contribution in [-0.4, -0.2) is 12.6 Å². The van der Waals surface area contributed by atoms with E-state index in [2.05, 4.69) is 15.9 Å². The summed E-state index contributed by atoms with van der Waals surface area (Å²) in [6, 6.07) is 5.63. The number of halogens is 1. The second kappa shape index (κ2) is 4.97. The highest BCUT2D eigenvalue weighted by Gasteiger charge is 2.12. The number of carbonyl (C=O) groups is 1. The third kappa shape index (κ3) is 3.14. The molecular weight excluding hydrogens is 234 g/mol. The summed E-state index contributed by atoms with van der Waals surface area (Å²) in [5.41, 5.74) is 0. The van der Waals surface area contributed by atoms with E-state index in [1.165, 1.54) is 0 Å². The van der Waals surface area contributed by atoms with E-state index in [1.807, 2.05) is 24.4 Å². The number of pyridine rings is 1. The van der Waals surface area contributed by atoms with Crippen molar-refractivity contribution in [1.82, 2.24) is 0 Å². The van der Waals surface area contributed by atoms with Crippen LogP contribution in [0.1, 0.15) is 6.92 Å². The SMILES string of the molecule is CCOC(=O)C[n+]1ccccc1Br. The van der Waals surface area contributed by atoms with Gasteiger partial charge in [-0.1, -0.05) is 0 Å². The molecule has 0 N–H and O–H groups in total. The lowest BCUT2D eigenvalue weighted by molar-refractivity contribution is -0.696. The molecule has 0 radical (unpaired) electrons. The van der Waals surface area contributed by atoms with Crippen LogP contribution in [0, 0.1) is 0 Å². The predicted octanol–water partition coefficient (Wildman–Crippen LogP) is 1.30. The van der Waals surface area contributed by atoms with Crippen LogP contribution < -0.4 is 4.57 Å². The van der Waals surface area contributed by atoms with Crippen LogP contribution in [0.25, 0.3) is 0 Å². The van der Waals surface area contributed by atoms with Gasteiger partial charge in [0, 0.05) is 28.1 Å². The van der Waals surface area contributed by atoms with Crippen LogP contribution in [0.15, 0.2) is 29.0 Å². The van der Waals surface area contributed by atoms with Crippen LogP contribution in [-0.2, 0) is 16.1 Å². The summed E-state index contributed by atoms with van der Waals surface area (Å²) in [6.45, 7) is 2.46. The Kier molecular flexibility index (Phi) is 3.89. The number of aromatic nitrogens is 1. The second-order valence-electron chi connectivity index (χ2n) is 2.46. The molecular formula is C9H11BrNO2+. The van der Waals surface area contributed by atoms with Gasteiger partial charge in [0.15, 0.2) is 6.20 Å². The highest BCUT2D eigenvalue weighted by molar-refractivity contribution is 9.10. The predicted molar refractivity (Wildman–Crippen MR) is 51.0 cm³/mol. The van der Waals surface area contributed by atoms with Crippen molar-refractivity contribution in [3.63, 3.8) is 0 Å². The lowest BCUT2D eigenvalue weighted by Crippen LogP contribution is -2.39. The Labute approximate surface area is 85.5 Å². The third-order valence-electron chi connectivity index (χ3n) is 1.49. The first kappa shape index (κ1) is 10.2. The average molecular weight is 245 g/mol. The highest BCUT2D eigenvalue weighted by atomic mass is 79.9. The van der Waals surface area contributed by atoms with E-state index >= 15 is 0 Å². The number of rotatable bonds is 3. The number of ether oxygens (including phenoxy) is 1. The highest BCUT2D eigenvalue weighted by Crippen LogP contribution is 2.00. The zero-order chi connectivity index (χ0) is 9.68. The number of esters is 1. The number of carbonyl (C=O) groups excluding carboxylic acids is 1. The van der Waals surface area contributed by atoms with Crippen LogP contribution in [0.3, 0.4) is 0 Å². The summed E-state index contributed by atoms with van der Waals surface area (Å²) in [5.74, 6) is -0.223. The molecule has 0 bridgehead atoms. The molecule has 4 heteroatoms. The molecule has 3 nitrogen and oxygen atoms in total. The molecule has 70 valence electrons. The molecule has 0 aliphatic carbocycles. The molecule has 0 amide bonds. The number of hydrogen-bond acceptors (Lipinski definition) is 2. The van der Waals surface area contributed by atoms with Gasteiger partial charge in [-0.15, -0.1) is 0 Å². The molecule has 0 aromatic carbocycles. The minimum Gasteiger partial charge on any atom is -0.461 e. The Hall–Kier alpha value is -0.900. The molecule has 13 heavy (non-hydrogen) atoms. The average Bonchev–Trinajstić information content (AvgIpc) is 2.09. The van der Waals surface area contributed by atoms with Gasteiger partial charge in [0.05, 0.1) is 6.61 Å². The van der Waals surface area contributed by atoms with E-state index in [4.69, 9.17) is 4.74 Å². The zero-order valence-corrected chi connectivity index (χ0v) is 8.95. The second-order valence-corrected chi connectivity index (χ2v) is 3.27. The van der Waals surface area contributed by atoms with Crippen LogP contribution in [0.2, 0.25) is 0 Å². The van der Waals surface area contributed by atoms with Gasteiger partial charge in [-0.05, 0) is 13.0 Å². The Balaban J connectivity index is 2.63. The van der Waals surface area contributed by atoms with Gasteiger partial charge >= 0.3 is 5.97 Å². The molecule has 1 aromatic heterocycles. The number of hydrogen-bond donors (Lipinski definition) is 0. The molecule has 0 spiro atoms. The van der Waals surface area contributed by atoms with Crippen molar-refractivity contribution in [2.45, 2.75) is 13.5 Å². The Morgan fingerprint density at radius 1 is 1.62 bits per heavy atom. The molecule has 1 rings (SSSR count). The molecule has 0 aliphatic heterocycles. The normalized spacial score (nSPS) is 9.69. The van der Waals surface area contributed by atoms with E-state index in [9.17, 15) is 4.79 Å². The first-order valence-electron chi connectivity index (χ1n) is 4.03. The van der Waals surface area contributed by atoms with Gasteiger partial charge < -0.3 is 4.74 Å². The maximum atomic E-state index is 11.1. The Morgan fingerprint density at radius 3 is 3.00 bits per heavy atom. The van der Waals surface area contributed by atoms with E-state index in [1.54, 1.807) is 11.5 Å². The minimum atomic E-state index is -0.223. The molecule has 0 saturated carbocycles. The van der Waals surface area contributed by atoms with Crippen molar-refractivity contribution >= 4 is 21.9 Å². The molecule has 0 saturated heterocycles. The van der Waals surface area contributed by atoms with Crippen molar-refractivity contribution in [3.05, 3.63) is 29.0 Å². The summed E-state index contributed by atoms with van der Waals surface area (Å²) >= 11 is 3.33. The Morgan fingerprint density at radius 2 is 2.38 bits per heavy atom. The van der Waals surface area contributed by atoms with Gasteiger partial charge in [0.25, 0.3) is 0 Å². The topological polar surface area (TPSA) is 30.2 Å². The van der Waals surface area contributed by atoms with Crippen molar-refractivity contribution in [3.8, 4) is 0 Å². The standard InChI is InChI=1S/C9H11BrNO2/c1-2-13-9(12)7-11-6-4-3-5-8(11)10/h3-6H,2,7H2,1H3/q+1. The van der Waals surface area contributed by atoms with Crippen molar-refractivity contribution in [2.24, 2.45) is 0 Å². The first-order chi connectivity index (χ1) is 6.24. The monoisotopic (exact) mass is 244 g/mol. The fourth-order valence-electron chi connectivity index (χ4n) is 0.929. The fourth-order valence-corrected chi connectivity index (χ4v) is 1.33. The molecule has 0 atom stereocenters. The maximum absolute atomic E-state index is 11.1. The summed E-state index contributed by atoms with van der Waals surface area (Å²) in [7, 11) is 0. The van der Waals surface area contributed by atoms with Crippen LogP contribution in [0.4, 0.5) is 0 Å². The largest absolute Gasteiger partial charge is 0.461 e. The maximum Gasteiger partial charge on any atom is 0.372 e. The third-order valence-corrected chi connectivity index (χ3v) is 2.21. The van der Waals surface area contributed by atoms with Crippen molar-refractivity contribution in [2.75, 3.05) is 6.61 Å². The van der Waals surface area contributed by atoms with Crippen LogP contribution in [0.5, 0.6) is 0 Å². The molecule has 1 heterocycles.